The van der Waals surface area contributed by atoms with Crippen molar-refractivity contribution in [1.82, 2.24) is 4.90 Å². The molecule has 18 heavy (non-hydrogen) atoms. The Labute approximate surface area is 108 Å². The summed E-state index contributed by atoms with van der Waals surface area (Å²) in [6, 6.07) is 2.02. The van der Waals surface area contributed by atoms with E-state index in [0.29, 0.717) is 25.1 Å². The first-order valence-electron chi connectivity index (χ1n) is 5.86. The predicted molar refractivity (Wildman–Crippen MR) is 68.4 cm³/mol. The van der Waals surface area contributed by atoms with Crippen LogP contribution in [-0.2, 0) is 4.74 Å². The summed E-state index contributed by atoms with van der Waals surface area (Å²) < 4.78 is 5.30. The molecule has 0 aromatic heterocycles. The van der Waals surface area contributed by atoms with Gasteiger partial charge in [0.15, 0.2) is 0 Å². The van der Waals surface area contributed by atoms with E-state index in [9.17, 15) is 4.79 Å². The Balaban J connectivity index is 2.72. The summed E-state index contributed by atoms with van der Waals surface area (Å²) in [5.41, 5.74) is 6.04. The zero-order valence-electron chi connectivity index (χ0n) is 11.1. The number of nitrogens with two attached hydrogens (primary N) is 1. The lowest BCUT2D eigenvalue weighted by Crippen LogP contribution is -2.40. The third kappa shape index (κ3) is 3.81. The van der Waals surface area contributed by atoms with E-state index in [1.54, 1.807) is 4.90 Å². The van der Waals surface area contributed by atoms with Gasteiger partial charge in [0.1, 0.15) is 11.7 Å². The lowest BCUT2D eigenvalue weighted by Gasteiger charge is -2.30. The second-order valence-electron chi connectivity index (χ2n) is 5.11. The first-order chi connectivity index (χ1) is 8.37. The molecule has 0 unspecified atom stereocenters. The summed E-state index contributed by atoms with van der Waals surface area (Å²) in [6.07, 6.45) is 3.54. The summed E-state index contributed by atoms with van der Waals surface area (Å²) in [7, 11) is 0. The van der Waals surface area contributed by atoms with Crippen molar-refractivity contribution in [2.24, 2.45) is 5.73 Å². The van der Waals surface area contributed by atoms with Crippen LogP contribution < -0.4 is 5.73 Å². The van der Waals surface area contributed by atoms with Crippen molar-refractivity contribution < 1.29 is 9.53 Å². The molecule has 1 rings (SSSR count). The molecule has 0 spiro atoms. The van der Waals surface area contributed by atoms with E-state index < -0.39 is 5.60 Å². The van der Waals surface area contributed by atoms with Gasteiger partial charge in [-0.25, -0.2) is 4.79 Å². The van der Waals surface area contributed by atoms with E-state index >= 15 is 0 Å². The van der Waals surface area contributed by atoms with Gasteiger partial charge in [-0.2, -0.15) is 5.26 Å². The molecule has 0 bridgehead atoms. The Kier molecular flexibility index (Phi) is 4.38. The molecule has 5 nitrogen and oxygen atoms in total. The first kappa shape index (κ1) is 14.1. The second-order valence-corrected chi connectivity index (χ2v) is 5.11. The molecular formula is C13H19N3O2. The molecule has 5 heteroatoms. The third-order valence-corrected chi connectivity index (χ3v) is 2.44. The van der Waals surface area contributed by atoms with E-state index in [4.69, 9.17) is 15.7 Å². The number of amides is 1. The van der Waals surface area contributed by atoms with Gasteiger partial charge in [0.2, 0.25) is 0 Å². The summed E-state index contributed by atoms with van der Waals surface area (Å²) in [6.45, 7) is 6.44. The SMILES string of the molecule is CC(C)(C)OC(=O)N1CCC=C(C(C#N)=CN)C1. The normalized spacial score (nSPS) is 16.9. The molecule has 0 aromatic rings. The molecule has 0 saturated carbocycles. The van der Waals surface area contributed by atoms with E-state index in [2.05, 4.69) is 0 Å². The van der Waals surface area contributed by atoms with Crippen LogP contribution in [-0.4, -0.2) is 29.7 Å². The Bertz CT molecular complexity index is 424. The van der Waals surface area contributed by atoms with Crippen molar-refractivity contribution in [3.63, 3.8) is 0 Å². The topological polar surface area (TPSA) is 79.3 Å². The van der Waals surface area contributed by atoms with Crippen molar-refractivity contribution in [3.8, 4) is 6.07 Å². The van der Waals surface area contributed by atoms with Gasteiger partial charge in [-0.05, 0) is 32.8 Å². The van der Waals surface area contributed by atoms with Crippen LogP contribution in [0.1, 0.15) is 27.2 Å². The molecule has 0 aromatic carbocycles. The molecule has 1 aliphatic heterocycles. The Morgan fingerprint density at radius 3 is 2.78 bits per heavy atom. The van der Waals surface area contributed by atoms with Crippen LogP contribution in [0.25, 0.3) is 0 Å². The number of hydrogen-bond acceptors (Lipinski definition) is 4. The summed E-state index contributed by atoms with van der Waals surface area (Å²) >= 11 is 0. The molecule has 0 saturated heterocycles. The zero-order chi connectivity index (χ0) is 13.8. The van der Waals surface area contributed by atoms with Crippen LogP contribution in [0.5, 0.6) is 0 Å². The van der Waals surface area contributed by atoms with E-state index in [-0.39, 0.29) is 6.09 Å². The maximum atomic E-state index is 11.9. The highest BCUT2D eigenvalue weighted by Crippen LogP contribution is 2.19. The first-order valence-corrected chi connectivity index (χ1v) is 5.86. The average Bonchev–Trinajstić information content (AvgIpc) is 2.29. The van der Waals surface area contributed by atoms with E-state index in [1.807, 2.05) is 32.9 Å². The standard InChI is InChI=1S/C13H19N3O2/c1-13(2,3)18-12(17)16-6-4-5-10(9-16)11(7-14)8-15/h5,7H,4,6,9,14H2,1-3H3. The maximum absolute atomic E-state index is 11.9. The van der Waals surface area contributed by atoms with Crippen LogP contribution in [0, 0.1) is 11.3 Å². The van der Waals surface area contributed by atoms with Gasteiger partial charge in [0.25, 0.3) is 0 Å². The largest absolute Gasteiger partial charge is 0.444 e. The van der Waals surface area contributed by atoms with Crippen molar-refractivity contribution in [1.29, 1.82) is 5.26 Å². The Morgan fingerprint density at radius 2 is 2.28 bits per heavy atom. The average molecular weight is 249 g/mol. The number of nitrogens with zero attached hydrogens (tertiary/aromatic N) is 2. The number of carbonyl (C=O) groups is 1. The van der Waals surface area contributed by atoms with Gasteiger partial charge in [0, 0.05) is 12.7 Å². The number of carbonyl (C=O) groups excluding carboxylic acids is 1. The van der Waals surface area contributed by atoms with Gasteiger partial charge < -0.3 is 15.4 Å². The number of hydrogen-bond donors (Lipinski definition) is 1. The fourth-order valence-corrected chi connectivity index (χ4v) is 1.64. The van der Waals surface area contributed by atoms with Crippen molar-refractivity contribution >= 4 is 6.09 Å². The van der Waals surface area contributed by atoms with Crippen LogP contribution in [0.15, 0.2) is 23.4 Å². The highest BCUT2D eigenvalue weighted by molar-refractivity contribution is 5.69. The molecule has 1 aliphatic rings. The van der Waals surface area contributed by atoms with Crippen molar-refractivity contribution in [3.05, 3.63) is 23.4 Å². The van der Waals surface area contributed by atoms with Crippen LogP contribution >= 0.6 is 0 Å². The minimum Gasteiger partial charge on any atom is -0.444 e. The highest BCUT2D eigenvalue weighted by Gasteiger charge is 2.25. The highest BCUT2D eigenvalue weighted by atomic mass is 16.6. The van der Waals surface area contributed by atoms with Gasteiger partial charge in [0.05, 0.1) is 12.1 Å². The van der Waals surface area contributed by atoms with E-state index in [1.165, 1.54) is 6.20 Å². The summed E-state index contributed by atoms with van der Waals surface area (Å²) in [4.78, 5) is 13.5. The molecule has 2 N–H and O–H groups in total. The molecule has 0 radical (unpaired) electrons. The molecular weight excluding hydrogens is 230 g/mol. The minimum absolute atomic E-state index is 0.359. The van der Waals surface area contributed by atoms with Crippen LogP contribution in [0.3, 0.4) is 0 Å². The molecule has 0 aliphatic carbocycles. The smallest absolute Gasteiger partial charge is 0.410 e. The number of ether oxygens (including phenoxy) is 1. The van der Waals surface area contributed by atoms with Gasteiger partial charge >= 0.3 is 6.09 Å². The molecule has 1 amide bonds. The van der Waals surface area contributed by atoms with Gasteiger partial charge in [-0.3, -0.25) is 0 Å². The van der Waals surface area contributed by atoms with Crippen molar-refractivity contribution in [2.45, 2.75) is 32.8 Å². The van der Waals surface area contributed by atoms with Gasteiger partial charge in [-0.1, -0.05) is 6.08 Å². The second kappa shape index (κ2) is 5.58. The number of nitriles is 1. The van der Waals surface area contributed by atoms with Gasteiger partial charge in [-0.15, -0.1) is 0 Å². The maximum Gasteiger partial charge on any atom is 0.410 e. The quantitative estimate of drug-likeness (QED) is 0.720. The lowest BCUT2D eigenvalue weighted by molar-refractivity contribution is 0.0264. The summed E-state index contributed by atoms with van der Waals surface area (Å²) in [5.74, 6) is 0. The Hall–Kier alpha value is -1.96. The van der Waals surface area contributed by atoms with E-state index in [0.717, 1.165) is 5.57 Å². The predicted octanol–water partition coefficient (Wildman–Crippen LogP) is 1.92. The number of rotatable bonds is 1. The monoisotopic (exact) mass is 249 g/mol. The summed E-state index contributed by atoms with van der Waals surface area (Å²) in [5, 5.41) is 8.92. The van der Waals surface area contributed by atoms with Crippen LogP contribution in [0.2, 0.25) is 0 Å². The molecule has 1 heterocycles. The minimum atomic E-state index is -0.514. The molecule has 98 valence electrons. The zero-order valence-corrected chi connectivity index (χ0v) is 11.1. The molecule has 0 fully saturated rings. The van der Waals surface area contributed by atoms with Crippen LogP contribution in [0.4, 0.5) is 4.79 Å². The third-order valence-electron chi connectivity index (χ3n) is 2.44. The van der Waals surface area contributed by atoms with Crippen molar-refractivity contribution in [2.75, 3.05) is 13.1 Å². The fraction of sp³-hybridized carbons (Fsp3) is 0.538. The Morgan fingerprint density at radius 1 is 1.61 bits per heavy atom. The molecule has 0 atom stereocenters. The lowest BCUT2D eigenvalue weighted by atomic mass is 10.0. The fourth-order valence-electron chi connectivity index (χ4n) is 1.64.